The minimum absolute atomic E-state index is 0.00277. The second-order valence-corrected chi connectivity index (χ2v) is 9.37. The van der Waals surface area contributed by atoms with Crippen LogP contribution in [0.25, 0.3) is 0 Å². The van der Waals surface area contributed by atoms with Crippen molar-refractivity contribution in [3.63, 3.8) is 0 Å². The number of piperazine rings is 1. The van der Waals surface area contributed by atoms with Crippen molar-refractivity contribution >= 4 is 40.4 Å². The first-order chi connectivity index (χ1) is 17.9. The van der Waals surface area contributed by atoms with E-state index < -0.39 is 0 Å². The molecular weight excluding hydrogens is 468 g/mol. The van der Waals surface area contributed by atoms with Crippen molar-refractivity contribution in [2.24, 2.45) is 0 Å². The highest BCUT2D eigenvalue weighted by Crippen LogP contribution is 2.40. The Morgan fingerprint density at radius 3 is 2.70 bits per heavy atom. The van der Waals surface area contributed by atoms with Gasteiger partial charge in [-0.05, 0) is 44.2 Å². The Morgan fingerprint density at radius 2 is 1.92 bits per heavy atom. The molecule has 2 amide bonds. The zero-order valence-corrected chi connectivity index (χ0v) is 21.6. The van der Waals surface area contributed by atoms with Crippen LogP contribution >= 0.6 is 0 Å². The lowest BCUT2D eigenvalue weighted by atomic mass is 10.1. The molecule has 2 aliphatic heterocycles. The second kappa shape index (κ2) is 10.1. The first-order valence-corrected chi connectivity index (χ1v) is 12.5. The minimum Gasteiger partial charge on any atom is -0.492 e. The Bertz CT molecular complexity index is 1340. The van der Waals surface area contributed by atoms with Gasteiger partial charge in [-0.15, -0.1) is 0 Å². The Kier molecular flexibility index (Phi) is 6.71. The van der Waals surface area contributed by atoms with E-state index in [0.29, 0.717) is 53.8 Å². The first kappa shape index (κ1) is 24.6. The molecule has 1 saturated heterocycles. The summed E-state index contributed by atoms with van der Waals surface area (Å²) in [6, 6.07) is 15.2. The summed E-state index contributed by atoms with van der Waals surface area (Å²) in [6.07, 6.45) is 1.70. The second-order valence-electron chi connectivity index (χ2n) is 9.37. The third kappa shape index (κ3) is 4.70. The van der Waals surface area contributed by atoms with Gasteiger partial charge in [0.25, 0.3) is 11.8 Å². The van der Waals surface area contributed by atoms with Crippen LogP contribution in [0.3, 0.4) is 0 Å². The number of carbonyl (C=O) groups is 2. The number of aromatic nitrogens is 1. The fraction of sp³-hybridized carbons (Fsp3) is 0.321. The molecule has 1 atom stereocenters. The van der Waals surface area contributed by atoms with Gasteiger partial charge < -0.3 is 30.1 Å². The average molecular weight is 501 g/mol. The number of pyridine rings is 1. The van der Waals surface area contributed by atoms with Gasteiger partial charge in [0, 0.05) is 51.4 Å². The highest BCUT2D eigenvalue weighted by atomic mass is 16.5. The highest BCUT2D eigenvalue weighted by molar-refractivity contribution is 6.13. The lowest BCUT2D eigenvalue weighted by molar-refractivity contribution is 0.0708. The molecule has 1 fully saturated rings. The third-order valence-corrected chi connectivity index (χ3v) is 6.83. The molecule has 2 aromatic carbocycles. The Morgan fingerprint density at radius 1 is 1.11 bits per heavy atom. The smallest absolute Gasteiger partial charge is 0.260 e. The maximum atomic E-state index is 13.1. The molecule has 3 heterocycles. The molecule has 1 aromatic heterocycles. The minimum atomic E-state index is -0.0820. The van der Waals surface area contributed by atoms with E-state index in [2.05, 4.69) is 22.5 Å². The Balaban J connectivity index is 1.45. The number of amides is 2. The summed E-state index contributed by atoms with van der Waals surface area (Å²) in [5, 5.41) is 6.72. The number of anilines is 5. The summed E-state index contributed by atoms with van der Waals surface area (Å²) in [5.41, 5.74) is 4.32. The fourth-order valence-corrected chi connectivity index (χ4v) is 4.87. The summed E-state index contributed by atoms with van der Waals surface area (Å²) >= 11 is 0. The van der Waals surface area contributed by atoms with Crippen molar-refractivity contribution in [1.29, 1.82) is 0 Å². The molecule has 0 radical (unpaired) electrons. The number of hydrogen-bond acceptors (Lipinski definition) is 7. The predicted molar refractivity (Wildman–Crippen MR) is 146 cm³/mol. The van der Waals surface area contributed by atoms with Gasteiger partial charge >= 0.3 is 0 Å². The topological polar surface area (TPSA) is 90.0 Å². The molecule has 192 valence electrons. The molecule has 0 bridgehead atoms. The summed E-state index contributed by atoms with van der Waals surface area (Å²) < 4.78 is 5.90. The molecule has 0 spiro atoms. The van der Waals surface area contributed by atoms with Crippen LogP contribution < -0.4 is 25.2 Å². The summed E-state index contributed by atoms with van der Waals surface area (Å²) in [4.78, 5) is 36.3. The summed E-state index contributed by atoms with van der Waals surface area (Å²) in [5.74, 6) is 1.10. The molecule has 0 saturated carbocycles. The lowest BCUT2D eigenvalue weighted by Crippen LogP contribution is -2.51. The van der Waals surface area contributed by atoms with Gasteiger partial charge in [-0.1, -0.05) is 12.1 Å². The summed E-state index contributed by atoms with van der Waals surface area (Å²) in [7, 11) is 3.70. The normalized spacial score (nSPS) is 17.1. The standard InChI is InChI=1S/C28H32N6O3/c1-5-37-25-14-19(27(35)34-13-12-29-18(2)17-34)10-11-21(25)31-26-15-23-24(16-30-26)33(4)28(36)20-8-6-7-9-22(20)32(23)3/h6-11,14-16,18,29H,5,12-13,17H2,1-4H3,(H,30,31)/t18-/m0/s1. The number of fused-ring (bicyclic) bond motifs is 2. The first-order valence-electron chi connectivity index (χ1n) is 12.5. The van der Waals surface area contributed by atoms with Gasteiger partial charge in [0.05, 0.1) is 41.1 Å². The number of carbonyl (C=O) groups excluding carboxylic acids is 2. The van der Waals surface area contributed by atoms with Crippen LogP contribution in [0.1, 0.15) is 34.6 Å². The van der Waals surface area contributed by atoms with Crippen molar-refractivity contribution in [2.75, 3.05) is 55.5 Å². The van der Waals surface area contributed by atoms with Crippen LogP contribution in [0.15, 0.2) is 54.7 Å². The van der Waals surface area contributed by atoms with Gasteiger partial charge in [-0.25, -0.2) is 4.98 Å². The highest BCUT2D eigenvalue weighted by Gasteiger charge is 2.28. The van der Waals surface area contributed by atoms with Crippen molar-refractivity contribution in [3.05, 3.63) is 65.9 Å². The molecular formula is C28H32N6O3. The van der Waals surface area contributed by atoms with E-state index in [1.165, 1.54) is 0 Å². The van der Waals surface area contributed by atoms with E-state index in [9.17, 15) is 9.59 Å². The number of rotatable bonds is 5. The number of benzene rings is 2. The van der Waals surface area contributed by atoms with Crippen LogP contribution in [0.4, 0.5) is 28.6 Å². The lowest BCUT2D eigenvalue weighted by Gasteiger charge is -2.32. The zero-order valence-electron chi connectivity index (χ0n) is 21.6. The van der Waals surface area contributed by atoms with Gasteiger partial charge in [-0.3, -0.25) is 9.59 Å². The quantitative estimate of drug-likeness (QED) is 0.547. The Hall–Kier alpha value is -4.11. The van der Waals surface area contributed by atoms with Gasteiger partial charge in [0.2, 0.25) is 0 Å². The molecule has 0 unspecified atom stereocenters. The fourth-order valence-electron chi connectivity index (χ4n) is 4.87. The monoisotopic (exact) mass is 500 g/mol. The molecule has 37 heavy (non-hydrogen) atoms. The average Bonchev–Trinajstić information content (AvgIpc) is 2.99. The number of nitrogens with zero attached hydrogens (tertiary/aromatic N) is 4. The van der Waals surface area contributed by atoms with E-state index in [4.69, 9.17) is 4.74 Å². The molecule has 5 rings (SSSR count). The van der Waals surface area contributed by atoms with Crippen molar-refractivity contribution in [1.82, 2.24) is 15.2 Å². The number of ether oxygens (including phenoxy) is 1. The molecule has 2 aliphatic rings. The number of para-hydroxylation sites is 1. The van der Waals surface area contributed by atoms with E-state index in [1.54, 1.807) is 24.2 Å². The third-order valence-electron chi connectivity index (χ3n) is 6.83. The van der Waals surface area contributed by atoms with Crippen LogP contribution in [0.2, 0.25) is 0 Å². The van der Waals surface area contributed by atoms with E-state index in [-0.39, 0.29) is 17.9 Å². The maximum Gasteiger partial charge on any atom is 0.260 e. The number of hydrogen-bond donors (Lipinski definition) is 2. The van der Waals surface area contributed by atoms with E-state index in [1.807, 2.05) is 66.2 Å². The van der Waals surface area contributed by atoms with E-state index >= 15 is 0 Å². The van der Waals surface area contributed by atoms with Crippen molar-refractivity contribution in [2.45, 2.75) is 19.9 Å². The maximum absolute atomic E-state index is 13.1. The zero-order chi connectivity index (χ0) is 26.1. The van der Waals surface area contributed by atoms with Crippen molar-refractivity contribution < 1.29 is 14.3 Å². The van der Waals surface area contributed by atoms with Crippen molar-refractivity contribution in [3.8, 4) is 5.75 Å². The molecule has 3 aromatic rings. The van der Waals surface area contributed by atoms with E-state index in [0.717, 1.165) is 17.9 Å². The predicted octanol–water partition coefficient (Wildman–Crippen LogP) is 4.02. The van der Waals surface area contributed by atoms with Crippen LogP contribution in [0, 0.1) is 0 Å². The van der Waals surface area contributed by atoms with Gasteiger partial charge in [-0.2, -0.15) is 0 Å². The Labute approximate surface area is 217 Å². The van der Waals surface area contributed by atoms with Gasteiger partial charge in [0.15, 0.2) is 0 Å². The number of nitrogens with one attached hydrogen (secondary N) is 2. The molecule has 9 heteroatoms. The van der Waals surface area contributed by atoms with Gasteiger partial charge in [0.1, 0.15) is 11.6 Å². The molecule has 2 N–H and O–H groups in total. The molecule has 9 nitrogen and oxygen atoms in total. The van der Waals surface area contributed by atoms with Crippen LogP contribution in [0.5, 0.6) is 5.75 Å². The summed E-state index contributed by atoms with van der Waals surface area (Å²) in [6.45, 7) is 6.59. The largest absolute Gasteiger partial charge is 0.492 e. The van der Waals surface area contributed by atoms with Crippen LogP contribution in [-0.4, -0.2) is 68.1 Å². The SMILES string of the molecule is CCOc1cc(C(=O)N2CCN[C@@H](C)C2)ccc1Nc1cc2c(cn1)N(C)C(=O)c1ccccc1N2C. The molecule has 0 aliphatic carbocycles. The van der Waals surface area contributed by atoms with Crippen LogP contribution in [-0.2, 0) is 0 Å².